The summed E-state index contributed by atoms with van der Waals surface area (Å²) in [7, 11) is 0. The molecule has 0 saturated carbocycles. The number of nitrogens with zero attached hydrogens (tertiary/aromatic N) is 5. The third-order valence-corrected chi connectivity index (χ3v) is 4.74. The van der Waals surface area contributed by atoms with Crippen molar-refractivity contribution >= 4 is 40.5 Å². The van der Waals surface area contributed by atoms with Gasteiger partial charge in [0.25, 0.3) is 0 Å². The van der Waals surface area contributed by atoms with Gasteiger partial charge in [-0.05, 0) is 36.8 Å². The van der Waals surface area contributed by atoms with Crippen LogP contribution in [-0.2, 0) is 4.74 Å². The van der Waals surface area contributed by atoms with Crippen molar-refractivity contribution in [2.75, 3.05) is 6.61 Å². The Labute approximate surface area is 171 Å². The molecule has 0 fully saturated rings. The van der Waals surface area contributed by atoms with Gasteiger partial charge < -0.3 is 4.74 Å². The minimum absolute atomic E-state index is 0.260. The molecule has 0 aliphatic heterocycles. The molecule has 0 amide bonds. The predicted octanol–water partition coefficient (Wildman–Crippen LogP) is 5.25. The van der Waals surface area contributed by atoms with Crippen LogP contribution in [0.25, 0.3) is 27.8 Å². The summed E-state index contributed by atoms with van der Waals surface area (Å²) in [6, 6.07) is 18.9. The molecule has 6 nitrogen and oxygen atoms in total. The summed E-state index contributed by atoms with van der Waals surface area (Å²) in [5, 5.41) is 20.6. The molecule has 0 spiro atoms. The average molecular weight is 400 g/mol. The zero-order valence-corrected chi connectivity index (χ0v) is 16.2. The van der Waals surface area contributed by atoms with Crippen LogP contribution in [0.2, 0.25) is 5.02 Å². The molecule has 0 radical (unpaired) electrons. The highest BCUT2D eigenvalue weighted by Crippen LogP contribution is 2.38. The van der Waals surface area contributed by atoms with Gasteiger partial charge >= 0.3 is 0 Å². The predicted molar refractivity (Wildman–Crippen MR) is 112 cm³/mol. The molecule has 0 bridgehead atoms. The van der Waals surface area contributed by atoms with Gasteiger partial charge in [0.15, 0.2) is 17.9 Å². The summed E-state index contributed by atoms with van der Waals surface area (Å²) in [6.45, 7) is 2.29. The lowest BCUT2D eigenvalue weighted by Crippen LogP contribution is -2.00. The number of imidazole rings is 1. The van der Waals surface area contributed by atoms with Crippen LogP contribution >= 0.6 is 11.6 Å². The minimum atomic E-state index is 0.260. The van der Waals surface area contributed by atoms with Crippen LogP contribution in [0.15, 0.2) is 53.5 Å². The van der Waals surface area contributed by atoms with E-state index in [0.717, 1.165) is 5.52 Å². The maximum absolute atomic E-state index is 10.0. The number of hydrogen-bond acceptors (Lipinski definition) is 5. The second kappa shape index (κ2) is 7.63. The lowest BCUT2D eigenvalue weighted by molar-refractivity contribution is 0.344. The maximum atomic E-state index is 10.0. The van der Waals surface area contributed by atoms with Crippen molar-refractivity contribution in [2.24, 2.45) is 4.99 Å². The summed E-state index contributed by atoms with van der Waals surface area (Å²) in [5.41, 5.74) is 3.60. The number of aromatic nitrogens is 2. The Balaban J connectivity index is 2.21. The van der Waals surface area contributed by atoms with Crippen LogP contribution in [0, 0.1) is 22.7 Å². The molecular weight excluding hydrogens is 386 g/mol. The van der Waals surface area contributed by atoms with Crippen LogP contribution < -0.4 is 0 Å². The summed E-state index contributed by atoms with van der Waals surface area (Å²) >= 11 is 6.02. The molecule has 0 N–H and O–H groups in total. The van der Waals surface area contributed by atoms with Gasteiger partial charge in [0.1, 0.15) is 23.3 Å². The molecule has 7 heteroatoms. The maximum Gasteiger partial charge on any atom is 0.176 e. The van der Waals surface area contributed by atoms with E-state index in [9.17, 15) is 10.5 Å². The zero-order valence-electron chi connectivity index (χ0n) is 15.4. The van der Waals surface area contributed by atoms with Crippen molar-refractivity contribution in [1.82, 2.24) is 9.38 Å². The molecule has 29 heavy (non-hydrogen) atoms. The topological polar surface area (TPSA) is 86.5 Å². The molecule has 140 valence electrons. The third-order valence-electron chi connectivity index (χ3n) is 4.49. The van der Waals surface area contributed by atoms with Gasteiger partial charge in [-0.1, -0.05) is 35.9 Å². The molecule has 0 unspecified atom stereocenters. The highest BCUT2D eigenvalue weighted by Gasteiger charge is 2.23. The highest BCUT2D eigenvalue weighted by atomic mass is 35.5. The minimum Gasteiger partial charge on any atom is -0.483 e. The molecule has 2 aromatic carbocycles. The standard InChI is InChI=1S/C22H14ClN5O/c1-2-29-13-26-21-16(11-24)20(14-7-9-15(23)10-8-14)17(12-25)22-27-18-5-3-4-6-19(18)28(21)22/h3-10,13H,2H2,1H3/b26-13+. The molecule has 0 saturated heterocycles. The Morgan fingerprint density at radius 2 is 1.83 bits per heavy atom. The van der Waals surface area contributed by atoms with Gasteiger partial charge in [0.05, 0.1) is 17.6 Å². The van der Waals surface area contributed by atoms with Gasteiger partial charge in [-0.25, -0.2) is 9.98 Å². The molecule has 4 rings (SSSR count). The zero-order chi connectivity index (χ0) is 20.4. The Bertz CT molecular complexity index is 1340. The Morgan fingerprint density at radius 1 is 1.10 bits per heavy atom. The quantitative estimate of drug-likeness (QED) is 0.346. The van der Waals surface area contributed by atoms with E-state index in [-0.39, 0.29) is 5.56 Å². The van der Waals surface area contributed by atoms with Crippen LogP contribution in [0.5, 0.6) is 0 Å². The van der Waals surface area contributed by atoms with Crippen molar-refractivity contribution in [3.63, 3.8) is 0 Å². The number of nitriles is 2. The van der Waals surface area contributed by atoms with E-state index in [1.807, 2.05) is 31.2 Å². The largest absolute Gasteiger partial charge is 0.483 e. The first-order valence-electron chi connectivity index (χ1n) is 8.87. The monoisotopic (exact) mass is 399 g/mol. The van der Waals surface area contributed by atoms with Gasteiger partial charge in [-0.2, -0.15) is 10.5 Å². The van der Waals surface area contributed by atoms with Crippen LogP contribution in [0.4, 0.5) is 5.82 Å². The van der Waals surface area contributed by atoms with Gasteiger partial charge in [0, 0.05) is 10.6 Å². The number of hydrogen-bond donors (Lipinski definition) is 0. The second-order valence-electron chi connectivity index (χ2n) is 6.13. The van der Waals surface area contributed by atoms with E-state index in [0.29, 0.717) is 45.3 Å². The van der Waals surface area contributed by atoms with E-state index in [1.54, 1.807) is 28.7 Å². The highest BCUT2D eigenvalue weighted by molar-refractivity contribution is 6.30. The van der Waals surface area contributed by atoms with Crippen molar-refractivity contribution in [1.29, 1.82) is 10.5 Å². The number of benzene rings is 2. The number of fused-ring (bicyclic) bond motifs is 3. The van der Waals surface area contributed by atoms with E-state index in [1.165, 1.54) is 6.40 Å². The van der Waals surface area contributed by atoms with Crippen LogP contribution in [0.1, 0.15) is 18.1 Å². The Hall–Kier alpha value is -3.87. The molecule has 2 heterocycles. The average Bonchev–Trinajstić information content (AvgIpc) is 3.13. The molecule has 0 aliphatic carbocycles. The van der Waals surface area contributed by atoms with E-state index >= 15 is 0 Å². The first-order valence-corrected chi connectivity index (χ1v) is 9.24. The van der Waals surface area contributed by atoms with Crippen LogP contribution in [0.3, 0.4) is 0 Å². The second-order valence-corrected chi connectivity index (χ2v) is 6.56. The summed E-state index contributed by atoms with van der Waals surface area (Å²) in [4.78, 5) is 9.06. The molecule has 0 aliphatic rings. The number of aliphatic imine (C=N–C) groups is 1. The molecule has 0 atom stereocenters. The molecule has 2 aromatic heterocycles. The van der Waals surface area contributed by atoms with Crippen molar-refractivity contribution < 1.29 is 4.74 Å². The van der Waals surface area contributed by atoms with Crippen molar-refractivity contribution in [3.05, 3.63) is 64.7 Å². The van der Waals surface area contributed by atoms with Crippen molar-refractivity contribution in [3.8, 4) is 23.3 Å². The first kappa shape index (κ1) is 18.5. The third kappa shape index (κ3) is 3.06. The number of halogens is 1. The summed E-state index contributed by atoms with van der Waals surface area (Å²) in [6.07, 6.45) is 1.31. The number of rotatable bonds is 4. The fourth-order valence-electron chi connectivity index (χ4n) is 3.27. The fourth-order valence-corrected chi connectivity index (χ4v) is 3.40. The van der Waals surface area contributed by atoms with Crippen molar-refractivity contribution in [2.45, 2.75) is 6.92 Å². The number of ether oxygens (including phenoxy) is 1. The molecular formula is C22H14ClN5O. The van der Waals surface area contributed by atoms with E-state index in [4.69, 9.17) is 16.3 Å². The normalized spacial score (nSPS) is 11.0. The van der Waals surface area contributed by atoms with E-state index in [2.05, 4.69) is 22.1 Å². The smallest absolute Gasteiger partial charge is 0.176 e. The van der Waals surface area contributed by atoms with Crippen LogP contribution in [-0.4, -0.2) is 22.4 Å². The van der Waals surface area contributed by atoms with Gasteiger partial charge in [0.2, 0.25) is 0 Å². The van der Waals surface area contributed by atoms with E-state index < -0.39 is 0 Å². The van der Waals surface area contributed by atoms with Gasteiger partial charge in [-0.15, -0.1) is 0 Å². The lowest BCUT2D eigenvalue weighted by atomic mass is 9.96. The number of para-hydroxylation sites is 2. The first-order chi connectivity index (χ1) is 14.2. The lowest BCUT2D eigenvalue weighted by Gasteiger charge is -2.13. The Kier molecular flexibility index (Phi) is 4.87. The molecule has 4 aromatic rings. The summed E-state index contributed by atoms with van der Waals surface area (Å²) < 4.78 is 7.00. The van der Waals surface area contributed by atoms with Gasteiger partial charge in [-0.3, -0.25) is 4.40 Å². The Morgan fingerprint density at radius 3 is 2.52 bits per heavy atom. The fraction of sp³-hybridized carbons (Fsp3) is 0.0909. The summed E-state index contributed by atoms with van der Waals surface area (Å²) in [5.74, 6) is 0.355. The SMILES string of the molecule is CCO/C=N/c1c(C#N)c(-c2ccc(Cl)cc2)c(C#N)c2nc3ccccc3n12. The number of pyridine rings is 1.